The van der Waals surface area contributed by atoms with E-state index < -0.39 is 12.7 Å². The van der Waals surface area contributed by atoms with Crippen LogP contribution >= 0.6 is 35.0 Å². The van der Waals surface area contributed by atoms with Crippen LogP contribution in [-0.2, 0) is 0 Å². The van der Waals surface area contributed by atoms with Crippen LogP contribution in [0.1, 0.15) is 0 Å². The van der Waals surface area contributed by atoms with Crippen molar-refractivity contribution in [3.8, 4) is 0 Å². The highest BCUT2D eigenvalue weighted by Gasteiger charge is 2.25. The van der Waals surface area contributed by atoms with Gasteiger partial charge in [0.2, 0.25) is 0 Å². The lowest BCUT2D eigenvalue weighted by atomic mass is 10.4. The number of benzene rings is 1. The Hall–Kier alpha value is -0.100. The van der Waals surface area contributed by atoms with Crippen LogP contribution in [-0.4, -0.2) is 25.0 Å². The zero-order valence-electron chi connectivity index (χ0n) is 8.65. The van der Waals surface area contributed by atoms with Gasteiger partial charge in [-0.15, -0.1) is 11.8 Å². The molecule has 0 spiro atoms. The Morgan fingerprint density at radius 2 is 1.94 bits per heavy atom. The highest BCUT2D eigenvalue weighted by Crippen LogP contribution is 2.29. The molecule has 0 fully saturated rings. The first-order valence-corrected chi connectivity index (χ1v) is 6.48. The average molecular weight is 304 g/mol. The van der Waals surface area contributed by atoms with Crippen LogP contribution in [0.25, 0.3) is 0 Å². The molecule has 0 unspecified atom stereocenters. The van der Waals surface area contributed by atoms with Crippen molar-refractivity contribution in [3.63, 3.8) is 0 Å². The summed E-state index contributed by atoms with van der Waals surface area (Å²) in [5.41, 5.74) is 0. The van der Waals surface area contributed by atoms with Gasteiger partial charge >= 0.3 is 6.18 Å². The first-order chi connectivity index (χ1) is 7.88. The van der Waals surface area contributed by atoms with Crippen LogP contribution in [0.4, 0.5) is 13.2 Å². The number of halogens is 5. The summed E-state index contributed by atoms with van der Waals surface area (Å²) in [7, 11) is 0. The van der Waals surface area contributed by atoms with Crippen LogP contribution < -0.4 is 5.32 Å². The van der Waals surface area contributed by atoms with Crippen LogP contribution in [0.2, 0.25) is 10.0 Å². The van der Waals surface area contributed by atoms with Gasteiger partial charge in [-0.3, -0.25) is 0 Å². The Morgan fingerprint density at radius 1 is 1.24 bits per heavy atom. The van der Waals surface area contributed by atoms with Crippen molar-refractivity contribution >= 4 is 35.0 Å². The van der Waals surface area contributed by atoms with Gasteiger partial charge in [0.05, 0.1) is 11.6 Å². The standard InChI is InChI=1S/C10H10Cl2F3NS/c11-7-1-2-8(12)9(5-7)17-4-3-16-6-10(13,14)15/h1-2,5,16H,3-4,6H2. The number of alkyl halides is 3. The van der Waals surface area contributed by atoms with Gasteiger partial charge in [0.15, 0.2) is 0 Å². The number of thioether (sulfide) groups is 1. The maximum atomic E-state index is 11.8. The predicted octanol–water partition coefficient (Wildman–Crippen LogP) is 4.24. The summed E-state index contributed by atoms with van der Waals surface area (Å²) in [6.45, 7) is -0.718. The molecule has 0 aliphatic rings. The first-order valence-electron chi connectivity index (χ1n) is 4.74. The van der Waals surface area contributed by atoms with Crippen LogP contribution in [0, 0.1) is 0 Å². The minimum atomic E-state index is -4.17. The largest absolute Gasteiger partial charge is 0.401 e. The Bertz CT molecular complexity index is 371. The molecule has 0 bridgehead atoms. The normalized spacial score (nSPS) is 11.8. The van der Waals surface area contributed by atoms with Crippen LogP contribution in [0.5, 0.6) is 0 Å². The second kappa shape index (κ2) is 6.73. The van der Waals surface area contributed by atoms with Crippen LogP contribution in [0.3, 0.4) is 0 Å². The Kier molecular flexibility index (Phi) is 5.92. The van der Waals surface area contributed by atoms with E-state index in [4.69, 9.17) is 23.2 Å². The molecule has 1 aromatic rings. The number of hydrogen-bond donors (Lipinski definition) is 1. The molecule has 1 N–H and O–H groups in total. The molecule has 17 heavy (non-hydrogen) atoms. The molecule has 0 heterocycles. The van der Waals surface area contributed by atoms with E-state index in [2.05, 4.69) is 5.32 Å². The fraction of sp³-hybridized carbons (Fsp3) is 0.400. The Morgan fingerprint density at radius 3 is 2.59 bits per heavy atom. The second-order valence-corrected chi connectivity index (χ2v) is 5.20. The lowest BCUT2D eigenvalue weighted by molar-refractivity contribution is -0.124. The molecule has 0 aliphatic heterocycles. The summed E-state index contributed by atoms with van der Waals surface area (Å²) in [4.78, 5) is 0.771. The lowest BCUT2D eigenvalue weighted by Crippen LogP contribution is -2.30. The van der Waals surface area contributed by atoms with Crippen molar-refractivity contribution in [3.05, 3.63) is 28.2 Å². The summed E-state index contributed by atoms with van der Waals surface area (Å²) in [5.74, 6) is 0.496. The van der Waals surface area contributed by atoms with Gasteiger partial charge < -0.3 is 5.32 Å². The summed E-state index contributed by atoms with van der Waals surface area (Å²) >= 11 is 13.0. The topological polar surface area (TPSA) is 12.0 Å². The maximum Gasteiger partial charge on any atom is 0.401 e. The molecule has 7 heteroatoms. The zero-order valence-corrected chi connectivity index (χ0v) is 11.0. The van der Waals surface area contributed by atoms with Crippen molar-refractivity contribution in [2.75, 3.05) is 18.8 Å². The van der Waals surface area contributed by atoms with Crippen molar-refractivity contribution in [2.24, 2.45) is 0 Å². The SMILES string of the molecule is FC(F)(F)CNCCSc1cc(Cl)ccc1Cl. The molecule has 0 aromatic heterocycles. The molecule has 0 amide bonds. The van der Waals surface area contributed by atoms with Crippen molar-refractivity contribution in [1.82, 2.24) is 5.32 Å². The van der Waals surface area contributed by atoms with Gasteiger partial charge in [-0.25, -0.2) is 0 Å². The number of rotatable bonds is 5. The number of hydrogen-bond acceptors (Lipinski definition) is 2. The van der Waals surface area contributed by atoms with E-state index >= 15 is 0 Å². The van der Waals surface area contributed by atoms with E-state index in [9.17, 15) is 13.2 Å². The summed E-state index contributed by atoms with van der Waals surface area (Å²) in [6.07, 6.45) is -4.17. The maximum absolute atomic E-state index is 11.8. The van der Waals surface area contributed by atoms with Gasteiger partial charge in [-0.05, 0) is 18.2 Å². The van der Waals surface area contributed by atoms with E-state index in [1.807, 2.05) is 0 Å². The van der Waals surface area contributed by atoms with E-state index in [-0.39, 0.29) is 6.54 Å². The molecular formula is C10H10Cl2F3NS. The summed E-state index contributed by atoms with van der Waals surface area (Å²) in [5, 5.41) is 3.41. The van der Waals surface area contributed by atoms with Gasteiger partial charge in [-0.2, -0.15) is 13.2 Å². The summed E-state index contributed by atoms with van der Waals surface area (Å²) in [6, 6.07) is 5.02. The predicted molar refractivity (Wildman–Crippen MR) is 66.1 cm³/mol. The van der Waals surface area contributed by atoms with Gasteiger partial charge in [-0.1, -0.05) is 23.2 Å². The zero-order chi connectivity index (χ0) is 12.9. The molecule has 0 saturated carbocycles. The van der Waals surface area contributed by atoms with E-state index in [0.717, 1.165) is 4.90 Å². The fourth-order valence-corrected chi connectivity index (χ4v) is 2.45. The van der Waals surface area contributed by atoms with Crippen molar-refractivity contribution in [2.45, 2.75) is 11.1 Å². The van der Waals surface area contributed by atoms with Gasteiger partial charge in [0, 0.05) is 22.2 Å². The molecular weight excluding hydrogens is 294 g/mol. The average Bonchev–Trinajstić information content (AvgIpc) is 2.21. The van der Waals surface area contributed by atoms with Crippen molar-refractivity contribution in [1.29, 1.82) is 0 Å². The van der Waals surface area contributed by atoms with Crippen LogP contribution in [0.15, 0.2) is 23.1 Å². The molecule has 0 aliphatic carbocycles. The first kappa shape index (κ1) is 15.0. The Balaban J connectivity index is 2.29. The summed E-state index contributed by atoms with van der Waals surface area (Å²) < 4.78 is 35.4. The third-order valence-corrected chi connectivity index (χ3v) is 3.49. The Labute approximate surface area is 112 Å². The molecule has 96 valence electrons. The third-order valence-electron chi connectivity index (χ3n) is 1.76. The van der Waals surface area contributed by atoms with Gasteiger partial charge in [0.1, 0.15) is 0 Å². The highest BCUT2D eigenvalue weighted by molar-refractivity contribution is 7.99. The van der Waals surface area contributed by atoms with E-state index in [0.29, 0.717) is 15.8 Å². The molecule has 1 nitrogen and oxygen atoms in total. The molecule has 0 saturated heterocycles. The fourth-order valence-electron chi connectivity index (χ4n) is 1.05. The molecule has 0 atom stereocenters. The minimum Gasteiger partial charge on any atom is -0.308 e. The highest BCUT2D eigenvalue weighted by atomic mass is 35.5. The van der Waals surface area contributed by atoms with E-state index in [1.54, 1.807) is 18.2 Å². The number of nitrogens with one attached hydrogen (secondary N) is 1. The molecule has 1 rings (SSSR count). The van der Waals surface area contributed by atoms with Gasteiger partial charge in [0.25, 0.3) is 0 Å². The van der Waals surface area contributed by atoms with E-state index in [1.165, 1.54) is 11.8 Å². The second-order valence-electron chi connectivity index (χ2n) is 3.22. The van der Waals surface area contributed by atoms with Crippen molar-refractivity contribution < 1.29 is 13.2 Å². The lowest BCUT2D eigenvalue weighted by Gasteiger charge is -2.08. The molecule has 0 radical (unpaired) electrons. The quantitative estimate of drug-likeness (QED) is 0.645. The molecule has 1 aromatic carbocycles. The third kappa shape index (κ3) is 6.41. The minimum absolute atomic E-state index is 0.257. The monoisotopic (exact) mass is 303 g/mol. The smallest absolute Gasteiger partial charge is 0.308 e.